The molecule has 1 aromatic heterocycles. The van der Waals surface area contributed by atoms with Gasteiger partial charge in [-0.2, -0.15) is 11.8 Å². The van der Waals surface area contributed by atoms with Crippen LogP contribution in [0.1, 0.15) is 17.7 Å². The Labute approximate surface area is 209 Å². The topological polar surface area (TPSA) is 88.8 Å². The molecule has 0 aliphatic heterocycles. The highest BCUT2D eigenvalue weighted by Crippen LogP contribution is 2.32. The van der Waals surface area contributed by atoms with Gasteiger partial charge in [0.15, 0.2) is 0 Å². The van der Waals surface area contributed by atoms with Crippen LogP contribution in [0.3, 0.4) is 0 Å². The molecule has 0 saturated heterocycles. The van der Waals surface area contributed by atoms with Gasteiger partial charge in [-0.1, -0.05) is 29.3 Å². The van der Waals surface area contributed by atoms with Crippen LogP contribution in [0.2, 0.25) is 5.02 Å². The van der Waals surface area contributed by atoms with Crippen LogP contribution in [0, 0.1) is 6.92 Å². The quantitative estimate of drug-likeness (QED) is 0.341. The number of aryl methyl sites for hydroxylation is 1. The van der Waals surface area contributed by atoms with E-state index in [0.29, 0.717) is 12.3 Å². The Bertz CT molecular complexity index is 1180. The van der Waals surface area contributed by atoms with E-state index in [9.17, 15) is 13.2 Å². The minimum atomic E-state index is -4.01. The van der Waals surface area contributed by atoms with Crippen molar-refractivity contribution >= 4 is 45.0 Å². The number of hydrogen-bond donors (Lipinski definition) is 1. The average molecular weight is 523 g/mol. The highest BCUT2D eigenvalue weighted by Gasteiger charge is 2.27. The van der Waals surface area contributed by atoms with E-state index < -0.39 is 15.9 Å². The molecule has 10 heteroatoms. The minimum Gasteiger partial charge on any atom is -0.495 e. The van der Waals surface area contributed by atoms with Crippen LogP contribution in [-0.4, -0.2) is 40.3 Å². The van der Waals surface area contributed by atoms with Gasteiger partial charge in [-0.15, -0.1) is 0 Å². The highest BCUT2D eigenvalue weighted by atomic mass is 35.5. The molecule has 34 heavy (non-hydrogen) atoms. The zero-order chi connectivity index (χ0) is 24.6. The third kappa shape index (κ3) is 6.94. The van der Waals surface area contributed by atoms with Gasteiger partial charge in [-0.05, 0) is 61.6 Å². The van der Waals surface area contributed by atoms with Crippen molar-refractivity contribution in [1.29, 1.82) is 0 Å². The van der Waals surface area contributed by atoms with Gasteiger partial charge in [0.05, 0.1) is 34.7 Å². The fraction of sp³-hybridized carbons (Fsp3) is 0.292. The van der Waals surface area contributed by atoms with Crippen molar-refractivity contribution in [3.63, 3.8) is 0 Å². The summed E-state index contributed by atoms with van der Waals surface area (Å²) in [5.41, 5.74) is 1.20. The molecule has 0 aliphatic carbocycles. The van der Waals surface area contributed by atoms with Crippen LogP contribution in [0.4, 0.5) is 5.69 Å². The predicted molar refractivity (Wildman–Crippen MR) is 136 cm³/mol. The molecule has 7 nitrogen and oxygen atoms in total. The normalized spacial score (nSPS) is 11.3. The number of rotatable bonds is 12. The number of furan rings is 1. The van der Waals surface area contributed by atoms with Gasteiger partial charge in [-0.3, -0.25) is 9.10 Å². The number of hydrogen-bond acceptors (Lipinski definition) is 6. The Hall–Kier alpha value is -2.62. The second-order valence-corrected chi connectivity index (χ2v) is 10.9. The summed E-state index contributed by atoms with van der Waals surface area (Å²) in [7, 11) is -2.53. The van der Waals surface area contributed by atoms with Crippen molar-refractivity contribution in [1.82, 2.24) is 5.32 Å². The summed E-state index contributed by atoms with van der Waals surface area (Å²) in [6, 6.07) is 14.9. The second kappa shape index (κ2) is 12.2. The molecule has 0 radical (unpaired) electrons. The molecule has 0 bridgehead atoms. The molecule has 0 atom stereocenters. The summed E-state index contributed by atoms with van der Waals surface area (Å²) >= 11 is 7.94. The lowest BCUT2D eigenvalue weighted by Gasteiger charge is -2.24. The number of carbonyl (C=O) groups excluding carboxylic acids is 1. The Balaban J connectivity index is 1.67. The van der Waals surface area contributed by atoms with E-state index in [2.05, 4.69) is 5.32 Å². The van der Waals surface area contributed by atoms with Crippen molar-refractivity contribution in [2.45, 2.75) is 24.0 Å². The van der Waals surface area contributed by atoms with E-state index in [1.54, 1.807) is 42.3 Å². The molecular formula is C24H27ClN2O5S2. The lowest BCUT2D eigenvalue weighted by Crippen LogP contribution is -2.41. The molecule has 0 aliphatic rings. The maximum absolute atomic E-state index is 13.4. The number of nitrogens with zero attached hydrogens (tertiary/aromatic N) is 1. The number of halogens is 1. The number of anilines is 1. The van der Waals surface area contributed by atoms with Crippen molar-refractivity contribution in [3.05, 3.63) is 77.2 Å². The summed E-state index contributed by atoms with van der Waals surface area (Å²) < 4.78 is 38.4. The van der Waals surface area contributed by atoms with Crippen molar-refractivity contribution in [2.75, 3.05) is 30.3 Å². The first-order valence-electron chi connectivity index (χ1n) is 10.6. The number of carbonyl (C=O) groups is 1. The van der Waals surface area contributed by atoms with Crippen LogP contribution in [0.15, 0.2) is 70.2 Å². The number of nitrogens with one attached hydrogen (secondary N) is 1. The molecule has 0 unspecified atom stereocenters. The van der Waals surface area contributed by atoms with E-state index in [1.807, 2.05) is 19.1 Å². The van der Waals surface area contributed by atoms with E-state index in [0.717, 1.165) is 33.6 Å². The lowest BCUT2D eigenvalue weighted by atomic mass is 10.2. The zero-order valence-electron chi connectivity index (χ0n) is 19.0. The number of ether oxygens (including phenoxy) is 1. The predicted octanol–water partition coefficient (Wildman–Crippen LogP) is 4.89. The number of thioether (sulfide) groups is 1. The molecule has 0 spiro atoms. The van der Waals surface area contributed by atoms with E-state index in [1.165, 1.54) is 25.3 Å². The van der Waals surface area contributed by atoms with Crippen molar-refractivity contribution in [2.24, 2.45) is 0 Å². The third-order valence-electron chi connectivity index (χ3n) is 4.93. The van der Waals surface area contributed by atoms with Crippen LogP contribution >= 0.6 is 23.4 Å². The maximum Gasteiger partial charge on any atom is 0.264 e. The number of amides is 1. The molecule has 182 valence electrons. The van der Waals surface area contributed by atoms with Crippen LogP contribution in [0.25, 0.3) is 0 Å². The Morgan fingerprint density at radius 2 is 1.94 bits per heavy atom. The molecule has 1 amide bonds. The molecule has 0 fully saturated rings. The Morgan fingerprint density at radius 3 is 2.59 bits per heavy atom. The maximum atomic E-state index is 13.4. The van der Waals surface area contributed by atoms with Gasteiger partial charge in [0.1, 0.15) is 18.1 Å². The highest BCUT2D eigenvalue weighted by molar-refractivity contribution is 7.98. The summed E-state index contributed by atoms with van der Waals surface area (Å²) in [6.45, 7) is 1.93. The summed E-state index contributed by atoms with van der Waals surface area (Å²) in [5, 5.41) is 3.06. The number of benzene rings is 2. The Kier molecular flexibility index (Phi) is 9.32. The molecule has 2 aromatic carbocycles. The summed E-state index contributed by atoms with van der Waals surface area (Å²) in [5.74, 6) is 2.51. The first-order valence-corrected chi connectivity index (χ1v) is 13.6. The SMILES string of the molecule is COc1ccc(N(CC(=O)NCCCSCc2ccco2)S(=O)(=O)c2ccc(C)cc2)cc1Cl. The lowest BCUT2D eigenvalue weighted by molar-refractivity contribution is -0.119. The van der Waals surface area contributed by atoms with Gasteiger partial charge in [0, 0.05) is 6.54 Å². The molecular weight excluding hydrogens is 496 g/mol. The molecule has 1 N–H and O–H groups in total. The van der Waals surface area contributed by atoms with Crippen LogP contribution in [0.5, 0.6) is 5.75 Å². The zero-order valence-corrected chi connectivity index (χ0v) is 21.4. The molecule has 3 rings (SSSR count). The minimum absolute atomic E-state index is 0.0900. The van der Waals surface area contributed by atoms with Gasteiger partial charge in [0.2, 0.25) is 5.91 Å². The molecule has 0 saturated carbocycles. The van der Waals surface area contributed by atoms with Gasteiger partial charge in [0.25, 0.3) is 10.0 Å². The standard InChI is InChI=1S/C24H27ClN2O5S2/c1-18-6-9-21(10-7-18)34(29,30)27(19-8-11-23(31-2)22(25)15-19)16-24(28)26-12-4-14-33-17-20-5-3-13-32-20/h3,5-11,13,15H,4,12,14,16-17H2,1-2H3,(H,26,28). The van der Waals surface area contributed by atoms with Crippen molar-refractivity contribution < 1.29 is 22.4 Å². The average Bonchev–Trinajstić information content (AvgIpc) is 3.33. The van der Waals surface area contributed by atoms with Crippen LogP contribution in [-0.2, 0) is 20.6 Å². The fourth-order valence-electron chi connectivity index (χ4n) is 3.12. The number of methoxy groups -OCH3 is 1. The first-order chi connectivity index (χ1) is 16.3. The summed E-state index contributed by atoms with van der Waals surface area (Å²) in [4.78, 5) is 12.8. The largest absolute Gasteiger partial charge is 0.495 e. The fourth-order valence-corrected chi connectivity index (χ4v) is 5.64. The second-order valence-electron chi connectivity index (χ2n) is 7.48. The van der Waals surface area contributed by atoms with Crippen molar-refractivity contribution in [3.8, 4) is 5.75 Å². The van der Waals surface area contributed by atoms with E-state index >= 15 is 0 Å². The first kappa shape index (κ1) is 26.0. The molecule has 3 aromatic rings. The van der Waals surface area contributed by atoms with Gasteiger partial charge < -0.3 is 14.5 Å². The third-order valence-corrected chi connectivity index (χ3v) is 8.08. The Morgan fingerprint density at radius 1 is 1.18 bits per heavy atom. The summed E-state index contributed by atoms with van der Waals surface area (Å²) in [6.07, 6.45) is 2.39. The smallest absolute Gasteiger partial charge is 0.264 e. The molecule has 1 heterocycles. The van der Waals surface area contributed by atoms with E-state index in [-0.39, 0.29) is 22.2 Å². The van der Waals surface area contributed by atoms with Crippen LogP contribution < -0.4 is 14.4 Å². The monoisotopic (exact) mass is 522 g/mol. The number of sulfonamides is 1. The van der Waals surface area contributed by atoms with Gasteiger partial charge in [-0.25, -0.2) is 8.42 Å². The van der Waals surface area contributed by atoms with E-state index in [4.69, 9.17) is 20.8 Å². The van der Waals surface area contributed by atoms with Gasteiger partial charge >= 0.3 is 0 Å².